The predicted molar refractivity (Wildman–Crippen MR) is 152 cm³/mol. The zero-order chi connectivity index (χ0) is 29.6. The lowest BCUT2D eigenvalue weighted by atomic mass is 9.96. The molecule has 2 fully saturated rings. The Labute approximate surface area is 247 Å². The van der Waals surface area contributed by atoms with Crippen LogP contribution < -0.4 is 0 Å². The zero-order valence-electron chi connectivity index (χ0n) is 22.9. The summed E-state index contributed by atoms with van der Waals surface area (Å²) in [5, 5.41) is 0. The number of carbonyl (C=O) groups is 3. The monoisotopic (exact) mass is 580 g/mol. The van der Waals surface area contributed by atoms with Gasteiger partial charge in [0.25, 0.3) is 0 Å². The molecule has 4 aromatic rings. The minimum atomic E-state index is -1.45. The van der Waals surface area contributed by atoms with Crippen molar-refractivity contribution in [2.45, 2.75) is 37.0 Å². The number of benzene rings is 4. The molecule has 3 unspecified atom stereocenters. The van der Waals surface area contributed by atoms with Crippen molar-refractivity contribution in [1.82, 2.24) is 0 Å². The Morgan fingerprint density at radius 2 is 0.977 bits per heavy atom. The number of rotatable bonds is 7. The minimum Gasteiger partial charge on any atom is -0.452 e. The number of esters is 3. The molecule has 6 rings (SSSR count). The summed E-state index contributed by atoms with van der Waals surface area (Å²) in [6, 6.07) is 34.3. The van der Waals surface area contributed by atoms with E-state index in [9.17, 15) is 14.4 Å². The Morgan fingerprint density at radius 3 is 1.49 bits per heavy atom. The third kappa shape index (κ3) is 6.49. The van der Waals surface area contributed by atoms with Gasteiger partial charge in [-0.1, -0.05) is 84.9 Å². The van der Waals surface area contributed by atoms with Crippen LogP contribution in [0.5, 0.6) is 0 Å². The zero-order valence-corrected chi connectivity index (χ0v) is 22.9. The van der Waals surface area contributed by atoms with Crippen LogP contribution in [0.1, 0.15) is 42.9 Å². The van der Waals surface area contributed by atoms with Gasteiger partial charge < -0.3 is 28.4 Å². The maximum atomic E-state index is 13.4. The van der Waals surface area contributed by atoms with Crippen molar-refractivity contribution in [1.29, 1.82) is 0 Å². The lowest BCUT2D eigenvalue weighted by Gasteiger charge is -2.47. The van der Waals surface area contributed by atoms with Crippen LogP contribution >= 0.6 is 0 Å². The van der Waals surface area contributed by atoms with Gasteiger partial charge in [0, 0.05) is 5.56 Å². The van der Waals surface area contributed by atoms with E-state index in [1.54, 1.807) is 91.0 Å². The van der Waals surface area contributed by atoms with E-state index in [0.29, 0.717) is 0 Å². The molecule has 0 aromatic heterocycles. The van der Waals surface area contributed by atoms with Crippen LogP contribution in [0.3, 0.4) is 0 Å². The van der Waals surface area contributed by atoms with Crippen molar-refractivity contribution >= 4 is 17.9 Å². The van der Waals surface area contributed by atoms with Gasteiger partial charge in [-0.05, 0) is 36.4 Å². The summed E-state index contributed by atoms with van der Waals surface area (Å²) in [4.78, 5) is 39.9. The number of ether oxygens (including phenoxy) is 6. The van der Waals surface area contributed by atoms with Gasteiger partial charge in [-0.3, -0.25) is 0 Å². The van der Waals surface area contributed by atoms with E-state index in [0.717, 1.165) is 5.56 Å². The molecular weight excluding hydrogens is 552 g/mol. The largest absolute Gasteiger partial charge is 0.452 e. The van der Waals surface area contributed by atoms with Crippen molar-refractivity contribution < 1.29 is 42.8 Å². The van der Waals surface area contributed by atoms with E-state index in [2.05, 4.69) is 0 Å². The fourth-order valence-electron chi connectivity index (χ4n) is 4.96. The average molecular weight is 581 g/mol. The van der Waals surface area contributed by atoms with E-state index in [4.69, 9.17) is 28.4 Å². The molecule has 0 radical (unpaired) electrons. The van der Waals surface area contributed by atoms with Crippen molar-refractivity contribution in [3.63, 3.8) is 0 Å². The summed E-state index contributed by atoms with van der Waals surface area (Å²) in [6.07, 6.45) is -6.64. The van der Waals surface area contributed by atoms with E-state index in [1.807, 2.05) is 30.3 Å². The Kier molecular flexibility index (Phi) is 8.55. The summed E-state index contributed by atoms with van der Waals surface area (Å²) in [6.45, 7) is 0.0301. The van der Waals surface area contributed by atoms with Gasteiger partial charge in [-0.25, -0.2) is 14.4 Å². The van der Waals surface area contributed by atoms with Gasteiger partial charge in [0.2, 0.25) is 12.4 Å². The second kappa shape index (κ2) is 13.0. The fourth-order valence-corrected chi connectivity index (χ4v) is 4.96. The Hall–Kier alpha value is -4.83. The summed E-state index contributed by atoms with van der Waals surface area (Å²) >= 11 is 0. The maximum Gasteiger partial charge on any atom is 0.340 e. The van der Waals surface area contributed by atoms with Crippen LogP contribution in [0, 0.1) is 0 Å². The van der Waals surface area contributed by atoms with Crippen LogP contribution in [0.4, 0.5) is 0 Å². The number of carbonyl (C=O) groups excluding carboxylic acids is 3. The Balaban J connectivity index is 1.36. The summed E-state index contributed by atoms with van der Waals surface area (Å²) < 4.78 is 36.2. The van der Waals surface area contributed by atoms with Gasteiger partial charge in [0.15, 0.2) is 12.4 Å². The van der Waals surface area contributed by atoms with Crippen molar-refractivity contribution in [3.05, 3.63) is 144 Å². The second-order valence-corrected chi connectivity index (χ2v) is 9.96. The predicted octanol–water partition coefficient (Wildman–Crippen LogP) is 5.13. The molecule has 6 atom stereocenters. The van der Waals surface area contributed by atoms with Gasteiger partial charge >= 0.3 is 17.9 Å². The summed E-state index contributed by atoms with van der Waals surface area (Å²) in [5.41, 5.74) is 1.54. The first-order chi connectivity index (χ1) is 21.1. The van der Waals surface area contributed by atoms with E-state index in [1.165, 1.54) is 0 Å². The molecule has 2 heterocycles. The first-order valence-electron chi connectivity index (χ1n) is 13.8. The molecule has 0 aliphatic carbocycles. The van der Waals surface area contributed by atoms with Crippen molar-refractivity contribution in [2.24, 2.45) is 0 Å². The molecule has 9 nitrogen and oxygen atoms in total. The minimum absolute atomic E-state index is 0.0301. The molecule has 0 spiro atoms. The molecule has 0 N–H and O–H groups in total. The third-order valence-corrected chi connectivity index (χ3v) is 7.09. The highest BCUT2D eigenvalue weighted by atomic mass is 16.8. The smallest absolute Gasteiger partial charge is 0.340 e. The van der Waals surface area contributed by atoms with Crippen LogP contribution in [0.15, 0.2) is 121 Å². The summed E-state index contributed by atoms with van der Waals surface area (Å²) in [5.74, 6) is -2.11. The van der Waals surface area contributed by atoms with Gasteiger partial charge in [-0.2, -0.15) is 0 Å². The average Bonchev–Trinajstić information content (AvgIpc) is 3.07. The molecule has 2 aliphatic heterocycles. The van der Waals surface area contributed by atoms with E-state index >= 15 is 0 Å². The Morgan fingerprint density at radius 1 is 0.535 bits per heavy atom. The van der Waals surface area contributed by atoms with Gasteiger partial charge in [0.1, 0.15) is 12.2 Å². The molecule has 2 saturated heterocycles. The molecule has 0 bridgehead atoms. The molecule has 4 aromatic carbocycles. The number of fused-ring (bicyclic) bond motifs is 1. The lowest BCUT2D eigenvalue weighted by molar-refractivity contribution is -0.351. The fraction of sp³-hybridized carbons (Fsp3) is 0.206. The number of hydrogen-bond acceptors (Lipinski definition) is 9. The Bertz CT molecular complexity index is 1530. The molecule has 2 aliphatic rings. The molecule has 43 heavy (non-hydrogen) atoms. The lowest BCUT2D eigenvalue weighted by Crippen LogP contribution is -2.64. The van der Waals surface area contributed by atoms with Crippen LogP contribution in [-0.2, 0) is 28.4 Å². The standard InChI is InChI=1S/C34H28O9/c35-30(22-13-5-1-6-14-22)40-28-27-26(21-38-33(42-27)25-19-11-4-12-20-25)39-34(43-32(37)24-17-9-3-10-18-24)29(28)41-31(36)23-15-7-2-8-16-23/h1-20,26-29,33-34H,21H2/t26?,27-,28+,29?,33?,34-/m0/s1. The van der Waals surface area contributed by atoms with Gasteiger partial charge in [-0.15, -0.1) is 0 Å². The highest BCUT2D eigenvalue weighted by Crippen LogP contribution is 2.37. The topological polar surface area (TPSA) is 107 Å². The van der Waals surface area contributed by atoms with Gasteiger partial charge in [0.05, 0.1) is 23.3 Å². The highest BCUT2D eigenvalue weighted by Gasteiger charge is 2.55. The van der Waals surface area contributed by atoms with Crippen molar-refractivity contribution in [3.8, 4) is 0 Å². The second-order valence-electron chi connectivity index (χ2n) is 9.96. The molecule has 218 valence electrons. The van der Waals surface area contributed by atoms with Crippen LogP contribution in [-0.4, -0.2) is 55.2 Å². The van der Waals surface area contributed by atoms with Crippen molar-refractivity contribution in [2.75, 3.05) is 6.61 Å². The quantitative estimate of drug-likeness (QED) is 0.217. The highest BCUT2D eigenvalue weighted by molar-refractivity contribution is 5.91. The molecule has 0 saturated carbocycles. The number of hydrogen-bond donors (Lipinski definition) is 0. The SMILES string of the molecule is O=C(OC1[C@H](OC(=O)c2ccccc2)OC2COC(c3ccccc3)O[C@@H]2[C@H]1OC(=O)c1ccccc1)c1ccccc1. The first-order valence-corrected chi connectivity index (χ1v) is 13.8. The normalized spacial score (nSPS) is 24.7. The molecule has 9 heteroatoms. The van der Waals surface area contributed by atoms with E-state index < -0.39 is 54.9 Å². The van der Waals surface area contributed by atoms with E-state index in [-0.39, 0.29) is 23.3 Å². The molecular formula is C34H28O9. The van der Waals surface area contributed by atoms with Crippen LogP contribution in [0.25, 0.3) is 0 Å². The van der Waals surface area contributed by atoms with Crippen LogP contribution in [0.2, 0.25) is 0 Å². The first kappa shape index (κ1) is 28.3. The third-order valence-electron chi connectivity index (χ3n) is 7.09. The molecule has 0 amide bonds. The maximum absolute atomic E-state index is 13.4. The summed E-state index contributed by atoms with van der Waals surface area (Å²) in [7, 11) is 0.